The average Bonchev–Trinajstić information content (AvgIpc) is 2.91. The van der Waals surface area contributed by atoms with Crippen LogP contribution in [-0.2, 0) is 0 Å². The van der Waals surface area contributed by atoms with Gasteiger partial charge in [-0.1, -0.05) is 27.7 Å². The van der Waals surface area contributed by atoms with Crippen molar-refractivity contribution in [3.8, 4) is 0 Å². The zero-order chi connectivity index (χ0) is 11.8. The van der Waals surface area contributed by atoms with E-state index in [0.29, 0.717) is 0 Å². The summed E-state index contributed by atoms with van der Waals surface area (Å²) in [5.41, 5.74) is 0.287. The largest absolute Gasteiger partial charge is 2.00 e. The molecule has 0 N–H and O–H groups in total. The SMILES string of the molecule is CC(C)([C]1[CH][CH][CH][CH]1)C(C)(C)[C]1[CH][CH][CH][CH]1.[Ca+2]. The molecule has 0 bridgehead atoms. The van der Waals surface area contributed by atoms with Gasteiger partial charge in [0.05, 0.1) is 0 Å². The quantitative estimate of drug-likeness (QED) is 0.675. The van der Waals surface area contributed by atoms with Crippen molar-refractivity contribution in [2.24, 2.45) is 10.8 Å². The smallest absolute Gasteiger partial charge is 0.0588 e. The van der Waals surface area contributed by atoms with Gasteiger partial charge in [-0.2, -0.15) is 0 Å². The van der Waals surface area contributed by atoms with Gasteiger partial charge in [0.1, 0.15) is 0 Å². The first-order valence-electron chi connectivity index (χ1n) is 5.90. The Hall–Kier alpha value is 1.26. The fourth-order valence-corrected chi connectivity index (χ4v) is 2.30. The minimum absolute atomic E-state index is 0. The van der Waals surface area contributed by atoms with Crippen LogP contribution in [0.5, 0.6) is 0 Å². The summed E-state index contributed by atoms with van der Waals surface area (Å²) in [4.78, 5) is 0. The maximum atomic E-state index is 2.33. The summed E-state index contributed by atoms with van der Waals surface area (Å²) >= 11 is 0. The third-order valence-electron chi connectivity index (χ3n) is 4.33. The van der Waals surface area contributed by atoms with Crippen molar-refractivity contribution in [1.82, 2.24) is 0 Å². The molecule has 1 heteroatoms. The molecule has 0 unspecified atom stereocenters. The Morgan fingerprint density at radius 3 is 1.06 bits per heavy atom. The molecular weight excluding hydrogens is 232 g/mol. The van der Waals surface area contributed by atoms with Crippen LogP contribution in [0.15, 0.2) is 0 Å². The minimum Gasteiger partial charge on any atom is -0.0588 e. The first-order chi connectivity index (χ1) is 7.46. The van der Waals surface area contributed by atoms with Crippen LogP contribution in [0.3, 0.4) is 0 Å². The molecule has 2 rings (SSSR count). The van der Waals surface area contributed by atoms with E-state index >= 15 is 0 Å². The van der Waals surface area contributed by atoms with Crippen LogP contribution in [0.4, 0.5) is 0 Å². The Bertz CT molecular complexity index is 204. The third kappa shape index (κ3) is 3.06. The van der Waals surface area contributed by atoms with Crippen LogP contribution in [-0.4, -0.2) is 37.7 Å². The van der Waals surface area contributed by atoms with Gasteiger partial charge in [0, 0.05) is 0 Å². The van der Waals surface area contributed by atoms with Crippen LogP contribution < -0.4 is 0 Å². The average molecular weight is 252 g/mol. The molecule has 0 heterocycles. The molecule has 0 amide bonds. The molecule has 0 aromatic rings. The molecule has 0 nitrogen and oxygen atoms in total. The van der Waals surface area contributed by atoms with Gasteiger partial charge in [0.25, 0.3) is 0 Å². The van der Waals surface area contributed by atoms with Crippen molar-refractivity contribution in [3.05, 3.63) is 63.2 Å². The number of hydrogen-bond donors (Lipinski definition) is 0. The van der Waals surface area contributed by atoms with Crippen LogP contribution >= 0.6 is 0 Å². The summed E-state index contributed by atoms with van der Waals surface area (Å²) in [7, 11) is 0. The van der Waals surface area contributed by atoms with Gasteiger partial charge < -0.3 is 0 Å². The minimum atomic E-state index is 0. The Balaban J connectivity index is 0.00000144. The van der Waals surface area contributed by atoms with Gasteiger partial charge in [-0.05, 0) is 74.0 Å². The van der Waals surface area contributed by atoms with Crippen molar-refractivity contribution in [1.29, 1.82) is 0 Å². The summed E-state index contributed by atoms with van der Waals surface area (Å²) < 4.78 is 0. The van der Waals surface area contributed by atoms with Gasteiger partial charge in [0.15, 0.2) is 0 Å². The zero-order valence-corrected chi connectivity index (χ0v) is 13.5. The molecular formula is C16H20Ca+2. The molecule has 0 spiro atoms. The second kappa shape index (κ2) is 6.14. The summed E-state index contributed by atoms with van der Waals surface area (Å²) in [6.45, 7) is 9.31. The zero-order valence-electron chi connectivity index (χ0n) is 11.3. The normalized spacial score (nSPS) is 24.0. The Labute approximate surface area is 138 Å². The molecule has 0 aromatic carbocycles. The molecule has 2 aliphatic rings. The fraction of sp³-hybridized carbons (Fsp3) is 0.375. The molecule has 10 radical (unpaired) electrons. The predicted octanol–water partition coefficient (Wildman–Crippen LogP) is 3.47. The van der Waals surface area contributed by atoms with Gasteiger partial charge in [-0.25, -0.2) is 0 Å². The van der Waals surface area contributed by atoms with Crippen LogP contribution in [0.2, 0.25) is 0 Å². The van der Waals surface area contributed by atoms with Crippen molar-refractivity contribution in [3.63, 3.8) is 0 Å². The van der Waals surface area contributed by atoms with Crippen molar-refractivity contribution >= 4 is 37.7 Å². The van der Waals surface area contributed by atoms with E-state index in [9.17, 15) is 0 Å². The molecule has 0 atom stereocenters. The van der Waals surface area contributed by atoms with E-state index in [1.807, 2.05) is 0 Å². The van der Waals surface area contributed by atoms with Crippen LogP contribution in [0.25, 0.3) is 0 Å². The monoisotopic (exact) mass is 252 g/mol. The van der Waals surface area contributed by atoms with Crippen molar-refractivity contribution in [2.75, 3.05) is 0 Å². The van der Waals surface area contributed by atoms with Gasteiger partial charge in [-0.15, -0.1) is 0 Å². The topological polar surface area (TPSA) is 0 Å². The Morgan fingerprint density at radius 2 is 0.824 bits per heavy atom. The number of hydrogen-bond acceptors (Lipinski definition) is 0. The van der Waals surface area contributed by atoms with Crippen LogP contribution in [0.1, 0.15) is 27.7 Å². The van der Waals surface area contributed by atoms with E-state index < -0.39 is 0 Å². The molecule has 0 aromatic heterocycles. The molecule has 2 saturated carbocycles. The third-order valence-corrected chi connectivity index (χ3v) is 4.33. The van der Waals surface area contributed by atoms with Crippen LogP contribution in [0, 0.1) is 74.0 Å². The first kappa shape index (κ1) is 16.3. The van der Waals surface area contributed by atoms with E-state index in [4.69, 9.17) is 0 Å². The Morgan fingerprint density at radius 1 is 0.588 bits per heavy atom. The molecule has 2 fully saturated rings. The summed E-state index contributed by atoms with van der Waals surface area (Å²) in [5.74, 6) is 2.83. The van der Waals surface area contributed by atoms with Crippen molar-refractivity contribution in [2.45, 2.75) is 27.7 Å². The molecule has 0 aliphatic heterocycles. The standard InChI is InChI=1S/C16H20.Ca/c1-15(2,13-9-5-6-10-13)16(3,4)14-11-7-8-12-14;/h5-12H,1-4H3;/q;+2. The fourth-order valence-electron chi connectivity index (χ4n) is 2.30. The molecule has 2 aliphatic carbocycles. The maximum Gasteiger partial charge on any atom is 2.00 e. The predicted molar refractivity (Wildman–Crippen MR) is 74.2 cm³/mol. The van der Waals surface area contributed by atoms with E-state index in [1.165, 1.54) is 11.8 Å². The summed E-state index contributed by atoms with van der Waals surface area (Å²) in [5, 5.41) is 0. The molecule has 17 heavy (non-hydrogen) atoms. The Kier molecular flexibility index (Phi) is 5.89. The first-order valence-corrected chi connectivity index (χ1v) is 5.90. The second-order valence-corrected chi connectivity index (χ2v) is 5.60. The summed E-state index contributed by atoms with van der Waals surface area (Å²) in [6, 6.07) is 0. The number of rotatable bonds is 3. The van der Waals surface area contributed by atoms with Crippen molar-refractivity contribution < 1.29 is 0 Å². The van der Waals surface area contributed by atoms with E-state index in [2.05, 4.69) is 79.1 Å². The molecule has 0 saturated heterocycles. The van der Waals surface area contributed by atoms with E-state index in [-0.39, 0.29) is 48.6 Å². The molecule has 84 valence electrons. The second-order valence-electron chi connectivity index (χ2n) is 5.60. The summed E-state index contributed by atoms with van der Waals surface area (Å²) in [6.07, 6.45) is 17.4. The van der Waals surface area contributed by atoms with Gasteiger partial charge >= 0.3 is 37.7 Å². The van der Waals surface area contributed by atoms with Gasteiger partial charge in [-0.3, -0.25) is 0 Å². The van der Waals surface area contributed by atoms with Gasteiger partial charge in [0.2, 0.25) is 0 Å². The van der Waals surface area contributed by atoms with E-state index in [0.717, 1.165) is 0 Å². The van der Waals surface area contributed by atoms with E-state index in [1.54, 1.807) is 0 Å². The maximum absolute atomic E-state index is 2.33.